The molecule has 0 N–H and O–H groups in total. The summed E-state index contributed by atoms with van der Waals surface area (Å²) in [6.07, 6.45) is 6.10. The van der Waals surface area contributed by atoms with Crippen molar-refractivity contribution in [1.82, 2.24) is 9.97 Å². The van der Waals surface area contributed by atoms with E-state index in [1.54, 1.807) is 23.5 Å². The van der Waals surface area contributed by atoms with Crippen LogP contribution in [0.15, 0.2) is 40.8 Å². The van der Waals surface area contributed by atoms with Crippen molar-refractivity contribution in [3.63, 3.8) is 0 Å². The van der Waals surface area contributed by atoms with Crippen molar-refractivity contribution in [3.8, 4) is 0 Å². The van der Waals surface area contributed by atoms with Gasteiger partial charge in [-0.1, -0.05) is 12.1 Å². The van der Waals surface area contributed by atoms with Gasteiger partial charge in [-0.2, -0.15) is 5.11 Å². The topological polar surface area (TPSA) is 93.6 Å². The van der Waals surface area contributed by atoms with Gasteiger partial charge in [-0.05, 0) is 36.8 Å². The van der Waals surface area contributed by atoms with Gasteiger partial charge in [0.15, 0.2) is 5.82 Å². The molecule has 0 radical (unpaired) electrons. The lowest BCUT2D eigenvalue weighted by Gasteiger charge is -2.10. The molecule has 0 atom stereocenters. The smallest absolute Gasteiger partial charge is 0.258 e. The lowest BCUT2D eigenvalue weighted by Crippen LogP contribution is -1.98. The molecule has 2 aromatic heterocycles. The first-order valence-corrected chi connectivity index (χ1v) is 8.90. The second-order valence-electron chi connectivity index (χ2n) is 5.91. The van der Waals surface area contributed by atoms with Gasteiger partial charge < -0.3 is 0 Å². The lowest BCUT2D eigenvalue weighted by atomic mass is 9.97. The third-order valence-corrected chi connectivity index (χ3v) is 5.50. The summed E-state index contributed by atoms with van der Waals surface area (Å²) in [6.45, 7) is 0.357. The van der Waals surface area contributed by atoms with E-state index in [0.717, 1.165) is 28.6 Å². The summed E-state index contributed by atoms with van der Waals surface area (Å²) in [5.41, 5.74) is 2.27. The first-order valence-electron chi connectivity index (χ1n) is 8.08. The molecule has 2 heterocycles. The number of non-ortho nitro benzene ring substituents is 1. The van der Waals surface area contributed by atoms with Gasteiger partial charge in [-0.3, -0.25) is 10.1 Å². The zero-order chi connectivity index (χ0) is 17.2. The maximum Gasteiger partial charge on any atom is 0.269 e. The van der Waals surface area contributed by atoms with E-state index in [-0.39, 0.29) is 5.69 Å². The number of fused-ring (bicyclic) bond motifs is 3. The Morgan fingerprint density at radius 3 is 2.76 bits per heavy atom. The van der Waals surface area contributed by atoms with Gasteiger partial charge in [-0.25, -0.2) is 9.97 Å². The highest BCUT2D eigenvalue weighted by molar-refractivity contribution is 7.18. The van der Waals surface area contributed by atoms with Crippen LogP contribution in [0.25, 0.3) is 10.2 Å². The predicted molar refractivity (Wildman–Crippen MR) is 95.4 cm³/mol. The van der Waals surface area contributed by atoms with Crippen LogP contribution < -0.4 is 0 Å². The summed E-state index contributed by atoms with van der Waals surface area (Å²) in [7, 11) is 0. The fourth-order valence-corrected chi connectivity index (χ4v) is 4.28. The largest absolute Gasteiger partial charge is 0.269 e. The summed E-state index contributed by atoms with van der Waals surface area (Å²) in [5.74, 6) is 0.617. The van der Waals surface area contributed by atoms with Gasteiger partial charge in [0.05, 0.1) is 16.9 Å². The number of aromatic nitrogens is 2. The van der Waals surface area contributed by atoms with Crippen LogP contribution in [-0.4, -0.2) is 14.9 Å². The molecule has 1 aliphatic carbocycles. The zero-order valence-corrected chi connectivity index (χ0v) is 14.2. The van der Waals surface area contributed by atoms with Crippen LogP contribution in [0.4, 0.5) is 11.5 Å². The van der Waals surface area contributed by atoms with Crippen LogP contribution in [0.3, 0.4) is 0 Å². The van der Waals surface area contributed by atoms with E-state index in [0.29, 0.717) is 12.4 Å². The highest BCUT2D eigenvalue weighted by atomic mass is 32.1. The SMILES string of the molecule is O=[N+]([O-])c1ccc(CN=Nc2ncnc3sc4c(c23)CCCC4)cc1. The van der Waals surface area contributed by atoms with E-state index in [2.05, 4.69) is 20.2 Å². The molecule has 0 saturated carbocycles. The minimum absolute atomic E-state index is 0.0723. The van der Waals surface area contributed by atoms with E-state index in [9.17, 15) is 10.1 Å². The molecule has 126 valence electrons. The fourth-order valence-electron chi connectivity index (χ4n) is 3.06. The van der Waals surface area contributed by atoms with Crippen molar-refractivity contribution in [3.05, 3.63) is 56.7 Å². The molecule has 0 saturated heterocycles. The molecule has 25 heavy (non-hydrogen) atoms. The van der Waals surface area contributed by atoms with Crippen LogP contribution in [0.1, 0.15) is 28.8 Å². The molecule has 4 rings (SSSR count). The van der Waals surface area contributed by atoms with E-state index in [1.807, 2.05) is 0 Å². The Bertz CT molecular complexity index is 965. The number of nitro groups is 1. The number of thiophene rings is 1. The minimum atomic E-state index is -0.414. The van der Waals surface area contributed by atoms with Crippen molar-refractivity contribution in [2.45, 2.75) is 32.2 Å². The minimum Gasteiger partial charge on any atom is -0.258 e. The number of azo groups is 1. The number of nitrogens with zero attached hydrogens (tertiary/aromatic N) is 5. The normalized spacial score (nSPS) is 14.1. The quantitative estimate of drug-likeness (QED) is 0.384. The lowest BCUT2D eigenvalue weighted by molar-refractivity contribution is -0.384. The van der Waals surface area contributed by atoms with Gasteiger partial charge in [-0.15, -0.1) is 16.5 Å². The Morgan fingerprint density at radius 1 is 1.16 bits per heavy atom. The fraction of sp³-hybridized carbons (Fsp3) is 0.294. The number of aryl methyl sites for hydroxylation is 2. The number of rotatable bonds is 4. The summed E-state index contributed by atoms with van der Waals surface area (Å²) < 4.78 is 0. The molecular weight excluding hydrogens is 338 g/mol. The monoisotopic (exact) mass is 353 g/mol. The molecule has 1 aliphatic rings. The molecular formula is C17H15N5O2S. The Labute approximate surface area is 147 Å². The maximum absolute atomic E-state index is 10.7. The Morgan fingerprint density at radius 2 is 1.96 bits per heavy atom. The molecule has 0 spiro atoms. The van der Waals surface area contributed by atoms with Gasteiger partial charge in [0.25, 0.3) is 5.69 Å². The van der Waals surface area contributed by atoms with E-state index < -0.39 is 4.92 Å². The first kappa shape index (κ1) is 15.8. The van der Waals surface area contributed by atoms with Crippen LogP contribution >= 0.6 is 11.3 Å². The van der Waals surface area contributed by atoms with Crippen molar-refractivity contribution >= 4 is 33.1 Å². The van der Waals surface area contributed by atoms with Crippen molar-refractivity contribution < 1.29 is 4.92 Å². The Balaban J connectivity index is 1.59. The van der Waals surface area contributed by atoms with E-state index >= 15 is 0 Å². The predicted octanol–water partition coefficient (Wildman–Crippen LogP) is 4.76. The first-order chi connectivity index (χ1) is 12.2. The van der Waals surface area contributed by atoms with Crippen molar-refractivity contribution in [2.75, 3.05) is 0 Å². The summed E-state index contributed by atoms with van der Waals surface area (Å²) in [5, 5.41) is 20.3. The zero-order valence-electron chi connectivity index (χ0n) is 13.4. The summed E-state index contributed by atoms with van der Waals surface area (Å²) >= 11 is 1.73. The number of hydrogen-bond acceptors (Lipinski definition) is 7. The van der Waals surface area contributed by atoms with Crippen molar-refractivity contribution in [2.24, 2.45) is 10.2 Å². The molecule has 1 aromatic carbocycles. The second kappa shape index (κ2) is 6.64. The third-order valence-electron chi connectivity index (χ3n) is 4.30. The molecule has 3 aromatic rings. The van der Waals surface area contributed by atoms with Crippen LogP contribution in [-0.2, 0) is 19.4 Å². The average Bonchev–Trinajstić information content (AvgIpc) is 3.01. The Kier molecular flexibility index (Phi) is 4.19. The second-order valence-corrected chi connectivity index (χ2v) is 7.00. The van der Waals surface area contributed by atoms with Crippen LogP contribution in [0, 0.1) is 10.1 Å². The Hall–Kier alpha value is -2.74. The highest BCUT2D eigenvalue weighted by Gasteiger charge is 2.19. The third kappa shape index (κ3) is 3.12. The number of hydrogen-bond donors (Lipinski definition) is 0. The van der Waals surface area contributed by atoms with Gasteiger partial charge in [0.1, 0.15) is 11.2 Å². The highest BCUT2D eigenvalue weighted by Crippen LogP contribution is 2.39. The summed E-state index contributed by atoms with van der Waals surface area (Å²) in [6, 6.07) is 6.34. The molecule has 8 heteroatoms. The molecule has 0 unspecified atom stereocenters. The molecule has 0 fully saturated rings. The van der Waals surface area contributed by atoms with Crippen molar-refractivity contribution in [1.29, 1.82) is 0 Å². The van der Waals surface area contributed by atoms with Gasteiger partial charge in [0, 0.05) is 17.0 Å². The average molecular weight is 353 g/mol. The van der Waals surface area contributed by atoms with Crippen LogP contribution in [0.2, 0.25) is 0 Å². The molecule has 0 bridgehead atoms. The summed E-state index contributed by atoms with van der Waals surface area (Å²) in [4.78, 5) is 21.3. The maximum atomic E-state index is 10.7. The van der Waals surface area contributed by atoms with Crippen LogP contribution in [0.5, 0.6) is 0 Å². The van der Waals surface area contributed by atoms with Gasteiger partial charge >= 0.3 is 0 Å². The van der Waals surface area contributed by atoms with E-state index in [4.69, 9.17) is 0 Å². The molecule has 0 aliphatic heterocycles. The van der Waals surface area contributed by atoms with Gasteiger partial charge in [0.2, 0.25) is 0 Å². The standard InChI is InChI=1S/C17H15N5O2S/c23-22(24)12-7-5-11(6-8-12)9-20-21-16-15-13-3-1-2-4-14(13)25-17(15)19-10-18-16/h5-8,10H,1-4,9H2. The number of benzene rings is 1. The number of nitro benzene ring substituents is 1. The van der Waals surface area contributed by atoms with E-state index in [1.165, 1.54) is 41.7 Å². The molecule has 7 nitrogen and oxygen atoms in total. The molecule has 0 amide bonds.